The Kier molecular flexibility index (Phi) is 1.95. The number of hydrogen-bond acceptors (Lipinski definition) is 4. The molecule has 0 saturated heterocycles. The molecule has 6 heteroatoms. The van der Waals surface area contributed by atoms with E-state index in [1.165, 1.54) is 6.07 Å². The van der Waals surface area contributed by atoms with Gasteiger partial charge < -0.3 is 5.32 Å². The van der Waals surface area contributed by atoms with Crippen molar-refractivity contribution in [3.63, 3.8) is 0 Å². The molecule has 0 aromatic carbocycles. The first kappa shape index (κ1) is 9.39. The lowest BCUT2D eigenvalue weighted by atomic mass is 10.2. The molecule has 0 atom stereocenters. The zero-order valence-corrected chi connectivity index (χ0v) is 8.36. The number of sulfone groups is 1. The second-order valence-corrected chi connectivity index (χ2v) is 5.16. The molecule has 0 radical (unpaired) electrons. The summed E-state index contributed by atoms with van der Waals surface area (Å²) in [6.07, 6.45) is 1.63. The lowest BCUT2D eigenvalue weighted by molar-refractivity contribution is 0.557. The van der Waals surface area contributed by atoms with Gasteiger partial charge in [-0.05, 0) is 18.1 Å². The van der Waals surface area contributed by atoms with Crippen LogP contribution in [0.2, 0.25) is 0 Å². The molecule has 0 amide bonds. The van der Waals surface area contributed by atoms with Crippen LogP contribution in [0.15, 0.2) is 11.1 Å². The van der Waals surface area contributed by atoms with Crippen molar-refractivity contribution in [3.8, 4) is 0 Å². The summed E-state index contributed by atoms with van der Waals surface area (Å²) in [6, 6.07) is 1.23. The van der Waals surface area contributed by atoms with E-state index >= 15 is 0 Å². The van der Waals surface area contributed by atoms with Crippen LogP contribution in [0.3, 0.4) is 0 Å². The van der Waals surface area contributed by atoms with E-state index in [9.17, 15) is 12.8 Å². The molecule has 1 N–H and O–H groups in total. The highest BCUT2D eigenvalue weighted by atomic mass is 32.2. The van der Waals surface area contributed by atoms with Crippen LogP contribution in [0.1, 0.15) is 5.56 Å². The van der Waals surface area contributed by atoms with Gasteiger partial charge in [-0.1, -0.05) is 0 Å². The number of nitrogens with one attached hydrogen (secondary N) is 1. The number of hydrogen-bond donors (Lipinski definition) is 1. The van der Waals surface area contributed by atoms with Gasteiger partial charge in [-0.25, -0.2) is 17.8 Å². The van der Waals surface area contributed by atoms with E-state index in [2.05, 4.69) is 10.3 Å². The topological polar surface area (TPSA) is 59.1 Å². The molecule has 1 aromatic heterocycles. The van der Waals surface area contributed by atoms with Crippen LogP contribution in [-0.2, 0) is 16.3 Å². The number of halogens is 1. The Hall–Kier alpha value is -1.17. The Morgan fingerprint density at radius 2 is 2.29 bits per heavy atom. The molecular weight excluding hydrogens is 207 g/mol. The number of aromatic nitrogens is 1. The van der Waals surface area contributed by atoms with E-state index in [4.69, 9.17) is 0 Å². The summed E-state index contributed by atoms with van der Waals surface area (Å²) in [6.45, 7) is 0.676. The van der Waals surface area contributed by atoms with Crippen molar-refractivity contribution in [3.05, 3.63) is 17.4 Å². The molecule has 0 saturated carbocycles. The minimum absolute atomic E-state index is 0.479. The van der Waals surface area contributed by atoms with E-state index in [1.807, 2.05) is 0 Å². The van der Waals surface area contributed by atoms with Gasteiger partial charge in [0.25, 0.3) is 0 Å². The van der Waals surface area contributed by atoms with E-state index in [-0.39, 0.29) is 0 Å². The van der Waals surface area contributed by atoms with Crippen molar-refractivity contribution in [2.75, 3.05) is 18.1 Å². The van der Waals surface area contributed by atoms with Crippen LogP contribution < -0.4 is 5.32 Å². The monoisotopic (exact) mass is 216 g/mol. The summed E-state index contributed by atoms with van der Waals surface area (Å²) in [5.41, 5.74) is 0.731. The molecule has 4 nitrogen and oxygen atoms in total. The van der Waals surface area contributed by atoms with Crippen LogP contribution >= 0.6 is 0 Å². The Morgan fingerprint density at radius 1 is 1.57 bits per heavy atom. The van der Waals surface area contributed by atoms with Gasteiger partial charge in [0.2, 0.25) is 0 Å². The molecule has 0 unspecified atom stereocenters. The standard InChI is InChI=1S/C8H9FN2O2S/c1-14(12,13)8-6(9)4-5-2-3-10-7(5)11-8/h4H,2-3H2,1H3,(H,10,11). The Labute approximate surface area is 81.1 Å². The van der Waals surface area contributed by atoms with Gasteiger partial charge >= 0.3 is 0 Å². The molecule has 1 aromatic rings. The number of rotatable bonds is 1. The zero-order chi connectivity index (χ0) is 10.3. The minimum atomic E-state index is -3.58. The van der Waals surface area contributed by atoms with Gasteiger partial charge in [-0.15, -0.1) is 0 Å². The quantitative estimate of drug-likeness (QED) is 0.746. The van der Waals surface area contributed by atoms with E-state index in [1.54, 1.807) is 0 Å². The van der Waals surface area contributed by atoms with Crippen molar-refractivity contribution >= 4 is 15.7 Å². The first-order chi connectivity index (χ1) is 6.48. The smallest absolute Gasteiger partial charge is 0.195 e. The van der Waals surface area contributed by atoms with Gasteiger partial charge in [-0.2, -0.15) is 0 Å². The van der Waals surface area contributed by atoms with Crippen molar-refractivity contribution in [1.29, 1.82) is 0 Å². The predicted molar refractivity (Wildman–Crippen MR) is 49.5 cm³/mol. The first-order valence-corrected chi connectivity index (χ1v) is 6.01. The summed E-state index contributed by atoms with van der Waals surface area (Å²) in [7, 11) is -3.58. The van der Waals surface area contributed by atoms with Gasteiger partial charge in [-0.3, -0.25) is 0 Å². The molecule has 0 fully saturated rings. The summed E-state index contributed by atoms with van der Waals surface area (Å²) in [5, 5.41) is 2.42. The van der Waals surface area contributed by atoms with Crippen LogP contribution in [-0.4, -0.2) is 26.2 Å². The molecule has 2 rings (SSSR count). The normalized spacial score (nSPS) is 15.0. The van der Waals surface area contributed by atoms with Gasteiger partial charge in [0.15, 0.2) is 20.7 Å². The summed E-state index contributed by atoms with van der Waals surface area (Å²) < 4.78 is 35.5. The third-order valence-electron chi connectivity index (χ3n) is 2.06. The lowest BCUT2D eigenvalue weighted by Gasteiger charge is -2.03. The third-order valence-corrected chi connectivity index (χ3v) is 3.05. The SMILES string of the molecule is CS(=O)(=O)c1nc2c(cc1F)CCN2. The Balaban J connectivity index is 2.65. The van der Waals surface area contributed by atoms with Gasteiger partial charge in [0, 0.05) is 12.8 Å². The predicted octanol–water partition coefficient (Wildman–Crippen LogP) is 0.592. The molecule has 1 aliphatic heterocycles. The van der Waals surface area contributed by atoms with Crippen molar-refractivity contribution in [2.24, 2.45) is 0 Å². The van der Waals surface area contributed by atoms with E-state index in [0.29, 0.717) is 18.8 Å². The maximum Gasteiger partial charge on any atom is 0.195 e. The minimum Gasteiger partial charge on any atom is -0.369 e. The fourth-order valence-electron chi connectivity index (χ4n) is 1.43. The van der Waals surface area contributed by atoms with Gasteiger partial charge in [0.05, 0.1) is 0 Å². The first-order valence-electron chi connectivity index (χ1n) is 4.12. The highest BCUT2D eigenvalue weighted by molar-refractivity contribution is 7.90. The zero-order valence-electron chi connectivity index (χ0n) is 7.54. The van der Waals surface area contributed by atoms with E-state index < -0.39 is 20.7 Å². The number of pyridine rings is 1. The summed E-state index contributed by atoms with van der Waals surface area (Å²) in [4.78, 5) is 3.75. The maximum absolute atomic E-state index is 13.3. The van der Waals surface area contributed by atoms with Crippen LogP contribution in [0.4, 0.5) is 10.2 Å². The van der Waals surface area contributed by atoms with Crippen LogP contribution in [0.5, 0.6) is 0 Å². The average Bonchev–Trinajstić information content (AvgIpc) is 2.47. The van der Waals surface area contributed by atoms with E-state index in [0.717, 1.165) is 11.8 Å². The summed E-state index contributed by atoms with van der Waals surface area (Å²) >= 11 is 0. The maximum atomic E-state index is 13.3. The molecular formula is C8H9FN2O2S. The van der Waals surface area contributed by atoms with Crippen molar-refractivity contribution in [2.45, 2.75) is 11.4 Å². The Morgan fingerprint density at radius 3 is 2.93 bits per heavy atom. The fraction of sp³-hybridized carbons (Fsp3) is 0.375. The largest absolute Gasteiger partial charge is 0.369 e. The van der Waals surface area contributed by atoms with Gasteiger partial charge in [0.1, 0.15) is 5.82 Å². The number of fused-ring (bicyclic) bond motifs is 1. The molecule has 0 spiro atoms. The van der Waals surface area contributed by atoms with Crippen LogP contribution in [0.25, 0.3) is 0 Å². The number of anilines is 1. The fourth-order valence-corrected chi connectivity index (χ4v) is 2.10. The molecule has 0 bridgehead atoms. The molecule has 14 heavy (non-hydrogen) atoms. The second-order valence-electron chi connectivity index (χ2n) is 3.23. The molecule has 76 valence electrons. The van der Waals surface area contributed by atoms with Crippen molar-refractivity contribution in [1.82, 2.24) is 4.98 Å². The molecule has 1 aliphatic rings. The van der Waals surface area contributed by atoms with Crippen molar-refractivity contribution < 1.29 is 12.8 Å². The lowest BCUT2D eigenvalue weighted by Crippen LogP contribution is -2.06. The molecule has 2 heterocycles. The third kappa shape index (κ3) is 1.45. The Bertz CT molecular complexity index is 484. The summed E-state index contributed by atoms with van der Waals surface area (Å²) in [5.74, 6) is -0.290. The second kappa shape index (κ2) is 2.91. The highest BCUT2D eigenvalue weighted by Crippen LogP contribution is 2.23. The highest BCUT2D eigenvalue weighted by Gasteiger charge is 2.21. The van der Waals surface area contributed by atoms with Crippen LogP contribution in [0, 0.1) is 5.82 Å². The average molecular weight is 216 g/mol. The molecule has 0 aliphatic carbocycles. The number of nitrogens with zero attached hydrogens (tertiary/aromatic N) is 1.